The van der Waals surface area contributed by atoms with Crippen molar-refractivity contribution in [1.82, 2.24) is 0 Å². The van der Waals surface area contributed by atoms with E-state index in [0.717, 1.165) is 24.8 Å². The van der Waals surface area contributed by atoms with Crippen LogP contribution in [0.2, 0.25) is 0 Å². The van der Waals surface area contributed by atoms with Crippen molar-refractivity contribution in [2.24, 2.45) is 5.41 Å². The molecule has 1 spiro atoms. The molecule has 0 aromatic heterocycles. The topological polar surface area (TPSA) is 17.1 Å². The highest BCUT2D eigenvalue weighted by Gasteiger charge is 2.48. The zero-order valence-electron chi connectivity index (χ0n) is 12.0. The molecule has 4 rings (SSSR count). The van der Waals surface area contributed by atoms with Crippen molar-refractivity contribution in [3.8, 4) is 0 Å². The minimum absolute atomic E-state index is 0.188. The summed E-state index contributed by atoms with van der Waals surface area (Å²) in [5.74, 6) is 0.366. The fourth-order valence-electron chi connectivity index (χ4n) is 3.96. The lowest BCUT2D eigenvalue weighted by atomic mass is 9.81. The molecule has 0 heterocycles. The van der Waals surface area contributed by atoms with Gasteiger partial charge in [0.15, 0.2) is 5.78 Å². The van der Waals surface area contributed by atoms with Gasteiger partial charge in [-0.15, -0.1) is 0 Å². The van der Waals surface area contributed by atoms with Crippen LogP contribution in [0, 0.1) is 19.3 Å². The molecule has 0 amide bonds. The van der Waals surface area contributed by atoms with Crippen LogP contribution in [0.4, 0.5) is 0 Å². The van der Waals surface area contributed by atoms with E-state index in [1.807, 2.05) is 0 Å². The van der Waals surface area contributed by atoms with Gasteiger partial charge in [-0.1, -0.05) is 41.5 Å². The zero-order chi connectivity index (χ0) is 13.9. The predicted molar refractivity (Wildman–Crippen MR) is 80.2 cm³/mol. The van der Waals surface area contributed by atoms with Gasteiger partial charge >= 0.3 is 0 Å². The first-order valence-electron chi connectivity index (χ1n) is 7.30. The highest BCUT2D eigenvalue weighted by Crippen LogP contribution is 2.47. The average Bonchev–Trinajstić information content (AvgIpc) is 2.89. The van der Waals surface area contributed by atoms with Crippen molar-refractivity contribution < 1.29 is 4.79 Å². The molecule has 1 nitrogen and oxygen atoms in total. The highest BCUT2D eigenvalue weighted by molar-refractivity contribution is 6.05. The molecular formula is C19H18O. The molecule has 0 radical (unpaired) electrons. The summed E-state index contributed by atoms with van der Waals surface area (Å²) < 4.78 is 0. The van der Waals surface area contributed by atoms with Gasteiger partial charge in [-0.05, 0) is 55.9 Å². The molecule has 0 N–H and O–H groups in total. The van der Waals surface area contributed by atoms with Crippen molar-refractivity contribution in [1.29, 1.82) is 0 Å². The summed E-state index contributed by atoms with van der Waals surface area (Å²) in [6.45, 7) is 4.19. The first-order valence-corrected chi connectivity index (χ1v) is 7.30. The molecule has 0 bridgehead atoms. The third-order valence-corrected chi connectivity index (χ3v) is 4.94. The van der Waals surface area contributed by atoms with Gasteiger partial charge in [0.25, 0.3) is 0 Å². The lowest BCUT2D eigenvalue weighted by molar-refractivity contribution is 0.0831. The number of ketones is 1. The Kier molecular flexibility index (Phi) is 2.27. The number of carbonyl (C=O) groups is 1. The normalized spacial score (nSPS) is 23.2. The molecule has 100 valence electrons. The molecule has 1 atom stereocenters. The Labute approximate surface area is 119 Å². The number of hydrogen-bond donors (Lipinski definition) is 0. The fourth-order valence-corrected chi connectivity index (χ4v) is 3.96. The van der Waals surface area contributed by atoms with Crippen LogP contribution >= 0.6 is 0 Å². The molecule has 1 heteroatoms. The Hall–Kier alpha value is -1.89. The van der Waals surface area contributed by atoms with Crippen LogP contribution in [0.1, 0.15) is 38.2 Å². The molecule has 2 aliphatic carbocycles. The van der Waals surface area contributed by atoms with Gasteiger partial charge in [0.2, 0.25) is 0 Å². The van der Waals surface area contributed by atoms with Crippen molar-refractivity contribution >= 4 is 5.78 Å². The van der Waals surface area contributed by atoms with Crippen LogP contribution in [0.3, 0.4) is 0 Å². The van der Waals surface area contributed by atoms with E-state index in [4.69, 9.17) is 0 Å². The minimum atomic E-state index is -0.188. The maximum Gasteiger partial charge on any atom is 0.170 e. The van der Waals surface area contributed by atoms with Crippen molar-refractivity contribution in [3.63, 3.8) is 0 Å². The largest absolute Gasteiger partial charge is 0.294 e. The molecule has 20 heavy (non-hydrogen) atoms. The van der Waals surface area contributed by atoms with Gasteiger partial charge in [0.05, 0.1) is 0 Å². The average molecular weight is 262 g/mol. The van der Waals surface area contributed by atoms with Crippen LogP contribution in [0.25, 0.3) is 0 Å². The van der Waals surface area contributed by atoms with Gasteiger partial charge in [0, 0.05) is 11.0 Å². The first kappa shape index (κ1) is 11.9. The second-order valence-corrected chi connectivity index (χ2v) is 6.57. The quantitative estimate of drug-likeness (QED) is 0.705. The Morgan fingerprint density at radius 1 is 0.800 bits per heavy atom. The van der Waals surface area contributed by atoms with E-state index in [1.165, 1.54) is 27.8 Å². The van der Waals surface area contributed by atoms with Crippen LogP contribution in [-0.2, 0) is 19.3 Å². The third kappa shape index (κ3) is 1.53. The van der Waals surface area contributed by atoms with Gasteiger partial charge in [-0.25, -0.2) is 0 Å². The van der Waals surface area contributed by atoms with Crippen LogP contribution in [0.5, 0.6) is 0 Å². The SMILES string of the molecule is Cc1ccc2c(c1)C[C@]1(C2)Cc2ccc(C)cc2C1=O. The molecule has 0 saturated carbocycles. The number of benzene rings is 2. The van der Waals surface area contributed by atoms with Gasteiger partial charge in [-0.2, -0.15) is 0 Å². The van der Waals surface area contributed by atoms with Crippen molar-refractivity contribution in [2.45, 2.75) is 33.1 Å². The Balaban J connectivity index is 1.78. The third-order valence-electron chi connectivity index (χ3n) is 4.94. The lowest BCUT2D eigenvalue weighted by Gasteiger charge is -2.20. The summed E-state index contributed by atoms with van der Waals surface area (Å²) in [6.07, 6.45) is 2.74. The van der Waals surface area contributed by atoms with Crippen molar-refractivity contribution in [2.75, 3.05) is 0 Å². The Morgan fingerprint density at radius 2 is 1.40 bits per heavy atom. The molecule has 0 fully saturated rings. The molecule has 0 unspecified atom stereocenters. The number of hydrogen-bond acceptors (Lipinski definition) is 1. The molecule has 2 aromatic carbocycles. The molecule has 2 aromatic rings. The maximum atomic E-state index is 12.9. The predicted octanol–water partition coefficient (Wildman–Crippen LogP) is 3.83. The van der Waals surface area contributed by atoms with Crippen LogP contribution in [0.15, 0.2) is 36.4 Å². The highest BCUT2D eigenvalue weighted by atomic mass is 16.1. The standard InChI is InChI=1S/C19H18O/c1-12-3-5-14-9-19(11-16(14)7-12)10-15-6-4-13(2)8-17(15)18(19)20/h3-8H,9-11H2,1-2H3/t19-/m0/s1. The van der Waals surface area contributed by atoms with Crippen molar-refractivity contribution in [3.05, 3.63) is 69.8 Å². The van der Waals surface area contributed by atoms with E-state index in [1.54, 1.807) is 0 Å². The molecule has 0 saturated heterocycles. The summed E-state index contributed by atoms with van der Waals surface area (Å²) in [5, 5.41) is 0. The van der Waals surface area contributed by atoms with Crippen LogP contribution < -0.4 is 0 Å². The number of aryl methyl sites for hydroxylation is 2. The summed E-state index contributed by atoms with van der Waals surface area (Å²) >= 11 is 0. The van der Waals surface area contributed by atoms with Gasteiger partial charge in [0.1, 0.15) is 0 Å². The first-order chi connectivity index (χ1) is 9.57. The smallest absolute Gasteiger partial charge is 0.170 e. The number of fused-ring (bicyclic) bond motifs is 2. The maximum absolute atomic E-state index is 12.9. The second-order valence-electron chi connectivity index (χ2n) is 6.57. The fraction of sp³-hybridized carbons (Fsp3) is 0.316. The van der Waals surface area contributed by atoms with Gasteiger partial charge < -0.3 is 0 Å². The van der Waals surface area contributed by atoms with E-state index in [2.05, 4.69) is 50.2 Å². The monoisotopic (exact) mass is 262 g/mol. The van der Waals surface area contributed by atoms with E-state index < -0.39 is 0 Å². The van der Waals surface area contributed by atoms with Gasteiger partial charge in [-0.3, -0.25) is 4.79 Å². The van der Waals surface area contributed by atoms with Crippen LogP contribution in [-0.4, -0.2) is 5.78 Å². The Morgan fingerprint density at radius 3 is 2.20 bits per heavy atom. The minimum Gasteiger partial charge on any atom is -0.294 e. The summed E-state index contributed by atoms with van der Waals surface area (Å²) in [7, 11) is 0. The molecule has 0 aliphatic heterocycles. The molecule has 2 aliphatic rings. The Bertz CT molecular complexity index is 737. The summed E-state index contributed by atoms with van der Waals surface area (Å²) in [6, 6.07) is 13.0. The lowest BCUT2D eigenvalue weighted by Crippen LogP contribution is -2.28. The molecular weight excluding hydrogens is 244 g/mol. The van der Waals surface area contributed by atoms with E-state index in [0.29, 0.717) is 5.78 Å². The van der Waals surface area contributed by atoms with E-state index >= 15 is 0 Å². The van der Waals surface area contributed by atoms with E-state index in [9.17, 15) is 4.79 Å². The zero-order valence-corrected chi connectivity index (χ0v) is 12.0. The summed E-state index contributed by atoms with van der Waals surface area (Å²) in [5.41, 5.74) is 7.24. The van der Waals surface area contributed by atoms with E-state index in [-0.39, 0.29) is 5.41 Å². The number of Topliss-reactive ketones (excluding diaryl/α,β-unsaturated/α-hetero) is 1. The number of rotatable bonds is 0. The number of carbonyl (C=O) groups excluding carboxylic acids is 1. The second kappa shape index (κ2) is 3.82. The summed E-state index contributed by atoms with van der Waals surface area (Å²) in [4.78, 5) is 12.9.